The summed E-state index contributed by atoms with van der Waals surface area (Å²) in [7, 11) is -3.24. The first-order valence-corrected chi connectivity index (χ1v) is 7.34. The van der Waals surface area contributed by atoms with E-state index in [0.717, 1.165) is 17.5 Å². The monoisotopic (exact) mass is 255 g/mol. The highest BCUT2D eigenvalue weighted by Crippen LogP contribution is 2.30. The van der Waals surface area contributed by atoms with Crippen LogP contribution in [0.25, 0.3) is 0 Å². The van der Waals surface area contributed by atoms with Crippen LogP contribution in [0.1, 0.15) is 24.5 Å². The SMILES string of the molecule is CC1CC1NS(=O)(=O)Cc1ccc(CO)cc1. The van der Waals surface area contributed by atoms with Gasteiger partial charge in [0, 0.05) is 6.04 Å². The molecule has 0 aliphatic heterocycles. The molecule has 2 rings (SSSR count). The van der Waals surface area contributed by atoms with Crippen molar-refractivity contribution in [2.75, 3.05) is 0 Å². The lowest BCUT2D eigenvalue weighted by molar-refractivity contribution is 0.282. The summed E-state index contributed by atoms with van der Waals surface area (Å²) in [4.78, 5) is 0. The van der Waals surface area contributed by atoms with Gasteiger partial charge in [-0.25, -0.2) is 13.1 Å². The molecule has 2 N–H and O–H groups in total. The summed E-state index contributed by atoms with van der Waals surface area (Å²) >= 11 is 0. The fourth-order valence-corrected chi connectivity index (χ4v) is 3.22. The topological polar surface area (TPSA) is 66.4 Å². The highest BCUT2D eigenvalue weighted by Gasteiger charge is 2.35. The van der Waals surface area contributed by atoms with Gasteiger partial charge >= 0.3 is 0 Å². The second-order valence-corrected chi connectivity index (χ2v) is 6.42. The van der Waals surface area contributed by atoms with Gasteiger partial charge in [0.2, 0.25) is 10.0 Å². The summed E-state index contributed by atoms with van der Waals surface area (Å²) in [5.41, 5.74) is 1.53. The zero-order valence-electron chi connectivity index (χ0n) is 9.76. The molecule has 0 bridgehead atoms. The average Bonchev–Trinajstić information content (AvgIpc) is 2.93. The molecule has 0 heterocycles. The van der Waals surface area contributed by atoms with Crippen LogP contribution in [0.5, 0.6) is 0 Å². The van der Waals surface area contributed by atoms with Crippen LogP contribution in [-0.4, -0.2) is 19.6 Å². The van der Waals surface area contributed by atoms with Crippen molar-refractivity contribution < 1.29 is 13.5 Å². The largest absolute Gasteiger partial charge is 0.392 e. The van der Waals surface area contributed by atoms with Crippen LogP contribution in [0.15, 0.2) is 24.3 Å². The zero-order valence-corrected chi connectivity index (χ0v) is 10.6. The van der Waals surface area contributed by atoms with Gasteiger partial charge in [0.05, 0.1) is 12.4 Å². The van der Waals surface area contributed by atoms with Gasteiger partial charge in [0.1, 0.15) is 0 Å². The molecule has 2 unspecified atom stereocenters. The predicted octanol–water partition coefficient (Wildman–Crippen LogP) is 1.01. The van der Waals surface area contributed by atoms with Crippen LogP contribution in [0, 0.1) is 5.92 Å². The third-order valence-electron chi connectivity index (χ3n) is 3.00. The molecule has 94 valence electrons. The number of hydrogen-bond acceptors (Lipinski definition) is 3. The van der Waals surface area contributed by atoms with Crippen LogP contribution >= 0.6 is 0 Å². The first-order chi connectivity index (χ1) is 8.00. The van der Waals surface area contributed by atoms with E-state index in [9.17, 15) is 8.42 Å². The highest BCUT2D eigenvalue weighted by atomic mass is 32.2. The number of aliphatic hydroxyl groups is 1. The molecule has 0 spiro atoms. The molecule has 17 heavy (non-hydrogen) atoms. The molecular weight excluding hydrogens is 238 g/mol. The minimum atomic E-state index is -3.24. The second-order valence-electron chi connectivity index (χ2n) is 4.67. The van der Waals surface area contributed by atoms with Crippen molar-refractivity contribution in [3.05, 3.63) is 35.4 Å². The summed E-state index contributed by atoms with van der Waals surface area (Å²) in [6.45, 7) is 2.01. The molecule has 4 nitrogen and oxygen atoms in total. The lowest BCUT2D eigenvalue weighted by atomic mass is 10.2. The van der Waals surface area contributed by atoms with Gasteiger partial charge in [0.25, 0.3) is 0 Å². The Morgan fingerprint density at radius 3 is 2.29 bits per heavy atom. The van der Waals surface area contributed by atoms with E-state index < -0.39 is 10.0 Å². The molecule has 1 saturated carbocycles. The summed E-state index contributed by atoms with van der Waals surface area (Å²) in [5.74, 6) is 0.462. The lowest BCUT2D eigenvalue weighted by Gasteiger charge is -2.06. The van der Waals surface area contributed by atoms with E-state index in [4.69, 9.17) is 5.11 Å². The fourth-order valence-electron chi connectivity index (χ4n) is 1.72. The van der Waals surface area contributed by atoms with Crippen LogP contribution < -0.4 is 4.72 Å². The van der Waals surface area contributed by atoms with E-state index in [1.807, 2.05) is 6.92 Å². The van der Waals surface area contributed by atoms with Gasteiger partial charge < -0.3 is 5.11 Å². The van der Waals surface area contributed by atoms with Crippen LogP contribution in [0.4, 0.5) is 0 Å². The van der Waals surface area contributed by atoms with E-state index in [1.165, 1.54) is 0 Å². The van der Waals surface area contributed by atoms with E-state index in [-0.39, 0.29) is 18.4 Å². The summed E-state index contributed by atoms with van der Waals surface area (Å²) in [6, 6.07) is 7.08. The standard InChI is InChI=1S/C12H17NO3S/c1-9-6-12(9)13-17(15,16)8-11-4-2-10(7-14)3-5-11/h2-5,9,12-14H,6-8H2,1H3. The number of aliphatic hydroxyl groups excluding tert-OH is 1. The summed E-state index contributed by atoms with van der Waals surface area (Å²) in [5, 5.41) is 8.89. The normalized spacial score (nSPS) is 23.6. The summed E-state index contributed by atoms with van der Waals surface area (Å²) in [6.07, 6.45) is 0.933. The van der Waals surface area contributed by atoms with Crippen molar-refractivity contribution in [3.8, 4) is 0 Å². The lowest BCUT2D eigenvalue weighted by Crippen LogP contribution is -2.28. The minimum absolute atomic E-state index is 0.00191. The Kier molecular flexibility index (Phi) is 3.51. The average molecular weight is 255 g/mol. The van der Waals surface area contributed by atoms with E-state index >= 15 is 0 Å². The molecule has 1 aromatic rings. The first-order valence-electron chi connectivity index (χ1n) is 5.69. The number of hydrogen-bond donors (Lipinski definition) is 2. The molecule has 1 aliphatic rings. The molecule has 2 atom stereocenters. The van der Waals surface area contributed by atoms with Gasteiger partial charge in [0.15, 0.2) is 0 Å². The minimum Gasteiger partial charge on any atom is -0.392 e. The quantitative estimate of drug-likeness (QED) is 0.825. The molecule has 0 amide bonds. The zero-order chi connectivity index (χ0) is 12.5. The maximum Gasteiger partial charge on any atom is 0.216 e. The molecule has 0 saturated heterocycles. The van der Waals surface area contributed by atoms with Crippen LogP contribution in [-0.2, 0) is 22.4 Å². The molecule has 0 aromatic heterocycles. The van der Waals surface area contributed by atoms with Gasteiger partial charge in [-0.2, -0.15) is 0 Å². The predicted molar refractivity (Wildman–Crippen MR) is 65.7 cm³/mol. The Bertz CT molecular complexity index is 481. The number of benzene rings is 1. The van der Waals surface area contributed by atoms with E-state index in [2.05, 4.69) is 4.72 Å². The molecule has 5 heteroatoms. The van der Waals surface area contributed by atoms with Crippen molar-refractivity contribution in [3.63, 3.8) is 0 Å². The third-order valence-corrected chi connectivity index (χ3v) is 4.38. The molecule has 1 fully saturated rings. The van der Waals surface area contributed by atoms with Crippen LogP contribution in [0.2, 0.25) is 0 Å². The number of rotatable bonds is 5. The van der Waals surface area contributed by atoms with Crippen molar-refractivity contribution in [1.29, 1.82) is 0 Å². The Morgan fingerprint density at radius 1 is 1.29 bits per heavy atom. The van der Waals surface area contributed by atoms with E-state index in [1.54, 1.807) is 24.3 Å². The van der Waals surface area contributed by atoms with Gasteiger partial charge in [-0.15, -0.1) is 0 Å². The van der Waals surface area contributed by atoms with Gasteiger partial charge in [-0.05, 0) is 23.5 Å². The van der Waals surface area contributed by atoms with Crippen molar-refractivity contribution in [2.24, 2.45) is 5.92 Å². The van der Waals surface area contributed by atoms with Crippen molar-refractivity contribution >= 4 is 10.0 Å². The molecule has 0 radical (unpaired) electrons. The fraction of sp³-hybridized carbons (Fsp3) is 0.500. The Balaban J connectivity index is 1.98. The molecule has 1 aromatic carbocycles. The Labute approximate surface area is 102 Å². The Morgan fingerprint density at radius 2 is 1.82 bits per heavy atom. The molecular formula is C12H17NO3S. The van der Waals surface area contributed by atoms with E-state index in [0.29, 0.717) is 5.92 Å². The van der Waals surface area contributed by atoms with Crippen LogP contribution in [0.3, 0.4) is 0 Å². The number of sulfonamides is 1. The molecule has 1 aliphatic carbocycles. The number of nitrogens with one attached hydrogen (secondary N) is 1. The third kappa shape index (κ3) is 3.52. The maximum atomic E-state index is 11.8. The maximum absolute atomic E-state index is 11.8. The summed E-state index contributed by atoms with van der Waals surface area (Å²) < 4.78 is 26.3. The smallest absolute Gasteiger partial charge is 0.216 e. The second kappa shape index (κ2) is 4.76. The van der Waals surface area contributed by atoms with Crippen molar-refractivity contribution in [1.82, 2.24) is 4.72 Å². The van der Waals surface area contributed by atoms with Gasteiger partial charge in [-0.1, -0.05) is 31.2 Å². The Hall–Kier alpha value is -0.910. The highest BCUT2D eigenvalue weighted by molar-refractivity contribution is 7.88. The van der Waals surface area contributed by atoms with Gasteiger partial charge in [-0.3, -0.25) is 0 Å². The van der Waals surface area contributed by atoms with Crippen molar-refractivity contribution in [2.45, 2.75) is 31.7 Å². The first kappa shape index (κ1) is 12.5.